The third-order valence-corrected chi connectivity index (χ3v) is 8.01. The maximum atomic E-state index is 13.8. The molecule has 3 amide bonds. The largest absolute Gasteiger partial charge is 0.339 e. The molecule has 0 aromatic heterocycles. The van der Waals surface area contributed by atoms with Gasteiger partial charge in [-0.25, -0.2) is 9.18 Å². The van der Waals surface area contributed by atoms with Crippen molar-refractivity contribution in [3.05, 3.63) is 98.7 Å². The highest BCUT2D eigenvalue weighted by atomic mass is 79.9. The average molecular weight is 601 g/mol. The van der Waals surface area contributed by atoms with Gasteiger partial charge in [-0.2, -0.15) is 0 Å². The maximum absolute atomic E-state index is 13.8. The average Bonchev–Trinajstić information content (AvgIpc) is 2.91. The number of hydrogen-bond donors (Lipinski definition) is 2. The van der Waals surface area contributed by atoms with E-state index in [1.807, 2.05) is 37.1 Å². The monoisotopic (exact) mass is 599 g/mol. The van der Waals surface area contributed by atoms with E-state index in [4.69, 9.17) is 11.6 Å². The third kappa shape index (κ3) is 7.14. The summed E-state index contributed by atoms with van der Waals surface area (Å²) in [4.78, 5) is 27.3. The predicted molar refractivity (Wildman–Crippen MR) is 154 cm³/mol. The highest BCUT2D eigenvalue weighted by Gasteiger charge is 2.28. The molecule has 0 heterocycles. The highest BCUT2D eigenvalue weighted by molar-refractivity contribution is 9.10. The molecule has 0 radical (unpaired) electrons. The molecule has 1 saturated carbocycles. The van der Waals surface area contributed by atoms with Crippen LogP contribution in [0.1, 0.15) is 72.5 Å². The van der Waals surface area contributed by atoms with Crippen LogP contribution in [0.3, 0.4) is 0 Å². The molecule has 1 unspecified atom stereocenters. The molecule has 0 aliphatic heterocycles. The zero-order valence-corrected chi connectivity index (χ0v) is 23.9. The Labute approximate surface area is 236 Å². The summed E-state index contributed by atoms with van der Waals surface area (Å²) in [6.07, 6.45) is 4.51. The van der Waals surface area contributed by atoms with Crippen LogP contribution in [-0.2, 0) is 0 Å². The number of anilines is 1. The van der Waals surface area contributed by atoms with Crippen molar-refractivity contribution < 1.29 is 14.0 Å². The lowest BCUT2D eigenvalue weighted by molar-refractivity contribution is 0.0689. The Morgan fingerprint density at radius 2 is 1.68 bits per heavy atom. The van der Waals surface area contributed by atoms with E-state index in [9.17, 15) is 14.0 Å². The minimum absolute atomic E-state index is 0.0224. The van der Waals surface area contributed by atoms with Crippen LogP contribution in [0.4, 0.5) is 14.9 Å². The summed E-state index contributed by atoms with van der Waals surface area (Å²) < 4.78 is 14.4. The normalized spacial score (nSPS) is 17.9. The molecule has 0 saturated heterocycles. The number of carbonyl (C=O) groups is 2. The number of benzene rings is 3. The Hall–Kier alpha value is -2.90. The van der Waals surface area contributed by atoms with Crippen LogP contribution in [-0.4, -0.2) is 29.9 Å². The Morgan fingerprint density at radius 3 is 2.29 bits per heavy atom. The van der Waals surface area contributed by atoms with Gasteiger partial charge in [-0.1, -0.05) is 46.6 Å². The van der Waals surface area contributed by atoms with Crippen molar-refractivity contribution in [1.29, 1.82) is 0 Å². The quantitative estimate of drug-likeness (QED) is 0.286. The van der Waals surface area contributed by atoms with Crippen LogP contribution in [0.2, 0.25) is 5.02 Å². The zero-order valence-electron chi connectivity index (χ0n) is 21.5. The molecular weight excluding hydrogens is 569 g/mol. The van der Waals surface area contributed by atoms with Crippen molar-refractivity contribution in [2.45, 2.75) is 57.0 Å². The predicted octanol–water partition coefficient (Wildman–Crippen LogP) is 8.31. The van der Waals surface area contributed by atoms with Crippen molar-refractivity contribution in [3.63, 3.8) is 0 Å². The second kappa shape index (κ2) is 12.8. The van der Waals surface area contributed by atoms with Crippen molar-refractivity contribution in [3.8, 4) is 0 Å². The van der Waals surface area contributed by atoms with Crippen molar-refractivity contribution in [2.75, 3.05) is 12.4 Å². The van der Waals surface area contributed by atoms with Gasteiger partial charge in [-0.3, -0.25) is 4.79 Å². The van der Waals surface area contributed by atoms with Gasteiger partial charge in [0, 0.05) is 33.8 Å². The summed E-state index contributed by atoms with van der Waals surface area (Å²) >= 11 is 9.26. The van der Waals surface area contributed by atoms with E-state index in [1.165, 1.54) is 17.7 Å². The molecule has 5 nitrogen and oxygen atoms in total. The number of urea groups is 1. The molecule has 1 aliphatic rings. The third-order valence-electron chi connectivity index (χ3n) is 7.30. The van der Waals surface area contributed by atoms with Gasteiger partial charge >= 0.3 is 6.03 Å². The number of nitrogens with zero attached hydrogens (tertiary/aromatic N) is 1. The standard InChI is InChI=1S/C30H32BrClFN3O2/c1-3-28(22-16-23(31)18-25(33)17-22)35-30(38)34-26-12-6-19(7-13-26)20-8-14-27(15-9-20)36(2)29(37)21-4-10-24(32)11-5-21/h4-7,10-13,16-18,20,27-28H,3,8-9,14-15H2,1-2H3,(H2,34,35,38). The second-order valence-electron chi connectivity index (χ2n) is 9.81. The number of nitrogens with one attached hydrogen (secondary N) is 2. The number of rotatable bonds is 7. The van der Waals surface area contributed by atoms with Crippen LogP contribution in [0, 0.1) is 5.82 Å². The summed E-state index contributed by atoms with van der Waals surface area (Å²) in [6.45, 7) is 1.94. The lowest BCUT2D eigenvalue weighted by Gasteiger charge is -2.35. The molecular formula is C30H32BrClFN3O2. The molecule has 1 aliphatic carbocycles. The minimum atomic E-state index is -0.348. The van der Waals surface area contributed by atoms with Crippen LogP contribution in [0.15, 0.2) is 71.2 Å². The first-order valence-electron chi connectivity index (χ1n) is 12.9. The number of halogens is 3. The van der Waals surface area contributed by atoms with Gasteiger partial charge < -0.3 is 15.5 Å². The Kier molecular flexibility index (Phi) is 9.44. The second-order valence-corrected chi connectivity index (χ2v) is 11.2. The number of carbonyl (C=O) groups excluding carboxylic acids is 2. The van der Waals surface area contributed by atoms with Crippen LogP contribution < -0.4 is 10.6 Å². The summed E-state index contributed by atoms with van der Waals surface area (Å²) in [7, 11) is 1.88. The summed E-state index contributed by atoms with van der Waals surface area (Å²) in [6, 6.07) is 19.2. The molecule has 8 heteroatoms. The van der Waals surface area contributed by atoms with E-state index in [0.29, 0.717) is 38.6 Å². The Bertz CT molecular complexity index is 1240. The van der Waals surface area contributed by atoms with Gasteiger partial charge in [0.2, 0.25) is 0 Å². The topological polar surface area (TPSA) is 61.4 Å². The molecule has 0 spiro atoms. The fourth-order valence-electron chi connectivity index (χ4n) is 5.12. The fourth-order valence-corrected chi connectivity index (χ4v) is 5.73. The van der Waals surface area contributed by atoms with Gasteiger partial charge in [0.1, 0.15) is 5.82 Å². The van der Waals surface area contributed by atoms with Gasteiger partial charge in [0.15, 0.2) is 0 Å². The molecule has 2 N–H and O–H groups in total. The van der Waals surface area contributed by atoms with E-state index in [2.05, 4.69) is 38.7 Å². The van der Waals surface area contributed by atoms with Gasteiger partial charge in [0.05, 0.1) is 6.04 Å². The Balaban J connectivity index is 1.29. The lowest BCUT2D eigenvalue weighted by Crippen LogP contribution is -2.39. The first-order chi connectivity index (χ1) is 18.2. The van der Waals surface area contributed by atoms with Crippen molar-refractivity contribution in [1.82, 2.24) is 10.2 Å². The van der Waals surface area contributed by atoms with Gasteiger partial charge in [-0.15, -0.1) is 0 Å². The molecule has 200 valence electrons. The number of hydrogen-bond acceptors (Lipinski definition) is 2. The smallest absolute Gasteiger partial charge is 0.319 e. The van der Waals surface area contributed by atoms with Gasteiger partial charge in [-0.05, 0) is 104 Å². The minimum Gasteiger partial charge on any atom is -0.339 e. The molecule has 3 aromatic carbocycles. The lowest BCUT2D eigenvalue weighted by atomic mass is 9.81. The first-order valence-corrected chi connectivity index (χ1v) is 14.1. The van der Waals surface area contributed by atoms with Crippen LogP contribution >= 0.6 is 27.5 Å². The zero-order chi connectivity index (χ0) is 27.2. The van der Waals surface area contributed by atoms with E-state index >= 15 is 0 Å². The van der Waals surface area contributed by atoms with Crippen LogP contribution in [0.25, 0.3) is 0 Å². The first kappa shape index (κ1) is 28.1. The van der Waals surface area contributed by atoms with E-state index in [0.717, 1.165) is 25.7 Å². The SMILES string of the molecule is CCC(NC(=O)Nc1ccc(C2CCC(N(C)C(=O)c3ccc(Cl)cc3)CC2)cc1)c1cc(F)cc(Br)c1. The van der Waals surface area contributed by atoms with E-state index < -0.39 is 0 Å². The van der Waals surface area contributed by atoms with Crippen molar-refractivity contribution >= 4 is 45.2 Å². The summed E-state index contributed by atoms with van der Waals surface area (Å²) in [5.41, 5.74) is 3.29. The fraction of sp³-hybridized carbons (Fsp3) is 0.333. The summed E-state index contributed by atoms with van der Waals surface area (Å²) in [5, 5.41) is 6.43. The van der Waals surface area contributed by atoms with Crippen molar-refractivity contribution in [2.24, 2.45) is 0 Å². The highest BCUT2D eigenvalue weighted by Crippen LogP contribution is 2.35. The van der Waals surface area contributed by atoms with E-state index in [-0.39, 0.29) is 29.8 Å². The molecule has 0 bridgehead atoms. The van der Waals surface area contributed by atoms with Gasteiger partial charge in [0.25, 0.3) is 5.91 Å². The van der Waals surface area contributed by atoms with Crippen LogP contribution in [0.5, 0.6) is 0 Å². The Morgan fingerprint density at radius 1 is 1.03 bits per heavy atom. The molecule has 1 atom stereocenters. The molecule has 38 heavy (non-hydrogen) atoms. The molecule has 1 fully saturated rings. The number of amides is 3. The summed E-state index contributed by atoms with van der Waals surface area (Å²) in [5.74, 6) is 0.0951. The van der Waals surface area contributed by atoms with E-state index in [1.54, 1.807) is 24.3 Å². The molecule has 4 rings (SSSR count). The maximum Gasteiger partial charge on any atom is 0.319 e. The molecule has 3 aromatic rings.